The highest BCUT2D eigenvalue weighted by Gasteiger charge is 2.52. The molecule has 1 fully saturated rings. The lowest BCUT2D eigenvalue weighted by Gasteiger charge is -2.15. The number of sulfonamides is 1. The van der Waals surface area contributed by atoms with Crippen molar-refractivity contribution in [1.82, 2.24) is 13.9 Å². The molecule has 0 radical (unpaired) electrons. The van der Waals surface area contributed by atoms with Crippen molar-refractivity contribution in [1.29, 1.82) is 5.26 Å². The van der Waals surface area contributed by atoms with Gasteiger partial charge in [-0.1, -0.05) is 0 Å². The molecule has 1 aliphatic carbocycles. The Morgan fingerprint density at radius 1 is 1.26 bits per heavy atom. The normalized spacial score (nSPS) is 21.9. The van der Waals surface area contributed by atoms with Crippen LogP contribution in [0, 0.1) is 17.2 Å². The van der Waals surface area contributed by atoms with Crippen LogP contribution < -0.4 is 16.0 Å². The van der Waals surface area contributed by atoms with E-state index >= 15 is 0 Å². The Kier molecular flexibility index (Phi) is 4.74. The summed E-state index contributed by atoms with van der Waals surface area (Å²) < 4.78 is 30.8. The van der Waals surface area contributed by atoms with Crippen molar-refractivity contribution in [3.05, 3.63) is 39.0 Å². The summed E-state index contributed by atoms with van der Waals surface area (Å²) in [4.78, 5) is 25.0. The summed E-state index contributed by atoms with van der Waals surface area (Å²) >= 11 is 0. The zero-order valence-corrected chi connectivity index (χ0v) is 16.3. The minimum atomic E-state index is -3.86. The molecule has 2 atom stereocenters. The molecular formula is C18H22N4O4S. The van der Waals surface area contributed by atoms with E-state index in [2.05, 4.69) is 10.8 Å². The Morgan fingerprint density at radius 2 is 1.93 bits per heavy atom. The molecule has 1 aliphatic rings. The zero-order valence-electron chi connectivity index (χ0n) is 15.5. The fourth-order valence-corrected chi connectivity index (χ4v) is 5.01. The lowest BCUT2D eigenvalue weighted by atomic mass is 10.2. The quantitative estimate of drug-likeness (QED) is 0.795. The maximum Gasteiger partial charge on any atom is 0.331 e. The van der Waals surface area contributed by atoms with Crippen molar-refractivity contribution in [3.63, 3.8) is 0 Å². The fourth-order valence-electron chi connectivity index (χ4n) is 3.51. The van der Waals surface area contributed by atoms with E-state index in [9.17, 15) is 18.0 Å². The van der Waals surface area contributed by atoms with Crippen molar-refractivity contribution < 1.29 is 8.42 Å². The van der Waals surface area contributed by atoms with Crippen LogP contribution in [0.3, 0.4) is 0 Å². The van der Waals surface area contributed by atoms with Crippen LogP contribution in [0.15, 0.2) is 32.7 Å². The Hall–Kier alpha value is -2.44. The molecule has 3 rings (SSSR count). The van der Waals surface area contributed by atoms with Gasteiger partial charge in [-0.2, -0.15) is 5.26 Å². The average molecular weight is 390 g/mol. The second kappa shape index (κ2) is 6.62. The Balaban J connectivity index is 2.11. The van der Waals surface area contributed by atoms with Crippen molar-refractivity contribution >= 4 is 20.9 Å². The van der Waals surface area contributed by atoms with Gasteiger partial charge in [0.1, 0.15) is 0 Å². The molecule has 9 heteroatoms. The average Bonchev–Trinajstić information content (AvgIpc) is 3.23. The van der Waals surface area contributed by atoms with Crippen LogP contribution in [0.2, 0.25) is 0 Å². The Morgan fingerprint density at radius 3 is 2.52 bits per heavy atom. The van der Waals surface area contributed by atoms with Crippen LogP contribution in [0.5, 0.6) is 0 Å². The van der Waals surface area contributed by atoms with Crippen molar-refractivity contribution in [2.75, 3.05) is 0 Å². The molecule has 0 spiro atoms. The molecule has 0 aliphatic heterocycles. The summed E-state index contributed by atoms with van der Waals surface area (Å²) in [6, 6.07) is 6.28. The molecule has 1 saturated carbocycles. The number of rotatable bonds is 6. The summed E-state index contributed by atoms with van der Waals surface area (Å²) in [6.07, 6.45) is 0.895. The maximum absolute atomic E-state index is 12.8. The van der Waals surface area contributed by atoms with E-state index < -0.39 is 26.8 Å². The van der Waals surface area contributed by atoms with Gasteiger partial charge in [0.05, 0.1) is 21.9 Å². The number of nitriles is 1. The van der Waals surface area contributed by atoms with E-state index in [1.54, 1.807) is 20.8 Å². The largest absolute Gasteiger partial charge is 0.331 e. The molecule has 1 aromatic heterocycles. The highest BCUT2D eigenvalue weighted by molar-refractivity contribution is 7.89. The summed E-state index contributed by atoms with van der Waals surface area (Å²) in [7, 11) is -3.86. The zero-order chi connectivity index (χ0) is 20.0. The molecule has 0 amide bonds. The molecule has 1 heterocycles. The molecule has 2 aromatic rings. The summed E-state index contributed by atoms with van der Waals surface area (Å²) in [5, 5.41) is 8.99. The summed E-state index contributed by atoms with van der Waals surface area (Å²) in [5.41, 5.74) is -1.14. The molecule has 0 bridgehead atoms. The van der Waals surface area contributed by atoms with Crippen LogP contribution >= 0.6 is 0 Å². The van der Waals surface area contributed by atoms with Gasteiger partial charge in [-0.05, 0) is 51.3 Å². The SMILES string of the molecule is CCn1c(=O)c2cc(S(=O)(=O)N[C@@]3(C)C[C@H]3CC#N)ccc2n(CC)c1=O. The number of benzene rings is 1. The third-order valence-corrected chi connectivity index (χ3v) is 6.87. The summed E-state index contributed by atoms with van der Waals surface area (Å²) in [5.74, 6) is -0.0136. The number of nitrogens with zero attached hydrogens (tertiary/aromatic N) is 3. The third-order valence-electron chi connectivity index (χ3n) is 5.26. The van der Waals surface area contributed by atoms with Gasteiger partial charge in [-0.3, -0.25) is 13.9 Å². The van der Waals surface area contributed by atoms with Crippen LogP contribution in [0.4, 0.5) is 0 Å². The lowest BCUT2D eigenvalue weighted by molar-refractivity contribution is 0.538. The van der Waals surface area contributed by atoms with Gasteiger partial charge in [-0.15, -0.1) is 0 Å². The highest BCUT2D eigenvalue weighted by Crippen LogP contribution is 2.46. The number of nitrogens with one attached hydrogen (secondary N) is 1. The Bertz CT molecular complexity index is 1170. The monoisotopic (exact) mass is 390 g/mol. The smallest absolute Gasteiger partial charge is 0.293 e. The lowest BCUT2D eigenvalue weighted by Crippen LogP contribution is -2.39. The first-order valence-corrected chi connectivity index (χ1v) is 10.3. The second-order valence-corrected chi connectivity index (χ2v) is 8.72. The first-order chi connectivity index (χ1) is 12.7. The number of hydrogen-bond acceptors (Lipinski definition) is 5. The molecule has 1 N–H and O–H groups in total. The first kappa shape index (κ1) is 19.3. The fraction of sp³-hybridized carbons (Fsp3) is 0.500. The molecule has 144 valence electrons. The molecule has 27 heavy (non-hydrogen) atoms. The van der Waals surface area contributed by atoms with Gasteiger partial charge in [-0.25, -0.2) is 17.9 Å². The molecule has 0 unspecified atom stereocenters. The molecule has 1 aromatic carbocycles. The van der Waals surface area contributed by atoms with Crippen LogP contribution in [0.1, 0.15) is 33.6 Å². The topological polar surface area (TPSA) is 114 Å². The third kappa shape index (κ3) is 3.19. The van der Waals surface area contributed by atoms with E-state index in [-0.39, 0.29) is 22.7 Å². The van der Waals surface area contributed by atoms with Gasteiger partial charge in [0, 0.05) is 25.0 Å². The van der Waals surface area contributed by atoms with Gasteiger partial charge in [0.15, 0.2) is 0 Å². The number of aryl methyl sites for hydroxylation is 1. The predicted octanol–water partition coefficient (Wildman–Crippen LogP) is 1.17. The first-order valence-electron chi connectivity index (χ1n) is 8.86. The summed E-state index contributed by atoms with van der Waals surface area (Å²) in [6.45, 7) is 5.83. The van der Waals surface area contributed by atoms with E-state index in [1.165, 1.54) is 22.8 Å². The standard InChI is InChI=1S/C18H22N4O4S/c1-4-21-15-7-6-13(10-14(15)16(23)22(5-2)17(21)24)27(25,26)20-18(3)11-12(18)8-9-19/h6-7,10,12,20H,4-5,8,11H2,1-3H3/t12-,18+/m1/s1. The second-order valence-electron chi connectivity index (χ2n) is 7.04. The minimum absolute atomic E-state index is 0.0136. The number of hydrogen-bond donors (Lipinski definition) is 1. The van der Waals surface area contributed by atoms with E-state index in [0.29, 0.717) is 24.9 Å². The highest BCUT2D eigenvalue weighted by atomic mass is 32.2. The van der Waals surface area contributed by atoms with E-state index in [1.807, 2.05) is 0 Å². The van der Waals surface area contributed by atoms with Crippen LogP contribution in [-0.4, -0.2) is 23.1 Å². The molecule has 8 nitrogen and oxygen atoms in total. The minimum Gasteiger partial charge on any atom is -0.293 e. The van der Waals surface area contributed by atoms with Crippen molar-refractivity contribution in [2.45, 2.75) is 57.1 Å². The van der Waals surface area contributed by atoms with Gasteiger partial charge in [0.25, 0.3) is 5.56 Å². The molecule has 0 saturated heterocycles. The maximum atomic E-state index is 12.8. The van der Waals surface area contributed by atoms with Gasteiger partial charge in [0.2, 0.25) is 10.0 Å². The van der Waals surface area contributed by atoms with Gasteiger partial charge >= 0.3 is 5.69 Å². The van der Waals surface area contributed by atoms with E-state index in [4.69, 9.17) is 5.26 Å². The Labute approximate surface area is 157 Å². The van der Waals surface area contributed by atoms with Crippen LogP contribution in [-0.2, 0) is 23.1 Å². The van der Waals surface area contributed by atoms with Gasteiger partial charge < -0.3 is 0 Å². The van der Waals surface area contributed by atoms with Crippen LogP contribution in [0.25, 0.3) is 10.9 Å². The van der Waals surface area contributed by atoms with Crippen molar-refractivity contribution in [2.24, 2.45) is 5.92 Å². The predicted molar refractivity (Wildman–Crippen MR) is 101 cm³/mol. The molecular weight excluding hydrogens is 368 g/mol. The number of fused-ring (bicyclic) bond motifs is 1. The number of aromatic nitrogens is 2. The van der Waals surface area contributed by atoms with E-state index in [0.717, 1.165) is 4.57 Å². The van der Waals surface area contributed by atoms with Crippen molar-refractivity contribution in [3.8, 4) is 6.07 Å².